The van der Waals surface area contributed by atoms with Crippen LogP contribution in [0.5, 0.6) is 0 Å². The van der Waals surface area contributed by atoms with E-state index in [0.717, 1.165) is 6.42 Å². The monoisotopic (exact) mass is 143 g/mol. The first-order valence-corrected chi connectivity index (χ1v) is 3.89. The van der Waals surface area contributed by atoms with Crippen molar-refractivity contribution >= 4 is 0 Å². The van der Waals surface area contributed by atoms with E-state index < -0.39 is 0 Å². The van der Waals surface area contributed by atoms with Crippen LogP contribution in [0.4, 0.5) is 0 Å². The summed E-state index contributed by atoms with van der Waals surface area (Å²) in [6.07, 6.45) is 4.23. The Bertz CT molecular complexity index is 99.0. The molecule has 3 N–H and O–H groups in total. The molecule has 60 valence electrons. The van der Waals surface area contributed by atoms with Crippen LogP contribution >= 0.6 is 0 Å². The molecule has 0 bridgehead atoms. The van der Waals surface area contributed by atoms with Gasteiger partial charge in [0.25, 0.3) is 0 Å². The van der Waals surface area contributed by atoms with Crippen molar-refractivity contribution in [3.05, 3.63) is 11.9 Å². The lowest BCUT2D eigenvalue weighted by Crippen LogP contribution is -2.31. The zero-order valence-electron chi connectivity index (χ0n) is 6.99. The van der Waals surface area contributed by atoms with Crippen molar-refractivity contribution in [1.82, 2.24) is 16.4 Å². The van der Waals surface area contributed by atoms with Gasteiger partial charge in [0.1, 0.15) is 0 Å². The molecule has 3 nitrogen and oxygen atoms in total. The van der Waals surface area contributed by atoms with Crippen molar-refractivity contribution in [3.8, 4) is 0 Å². The second-order valence-corrected chi connectivity index (χ2v) is 1.81. The van der Waals surface area contributed by atoms with Gasteiger partial charge in [-0.05, 0) is 6.42 Å². The Morgan fingerprint density at radius 2 is 2.10 bits per heavy atom. The second kappa shape index (κ2) is 6.42. The zero-order chi connectivity index (χ0) is 7.82. The molecule has 0 aromatic rings. The van der Waals surface area contributed by atoms with Crippen molar-refractivity contribution in [2.75, 3.05) is 0 Å². The molecule has 10 heavy (non-hydrogen) atoms. The third-order valence-electron chi connectivity index (χ3n) is 1.06. The van der Waals surface area contributed by atoms with Crippen LogP contribution in [0.15, 0.2) is 11.9 Å². The molecule has 0 aliphatic carbocycles. The average Bonchev–Trinajstić information content (AvgIpc) is 2.46. The molecule has 0 unspecified atom stereocenters. The summed E-state index contributed by atoms with van der Waals surface area (Å²) in [4.78, 5) is 0. The van der Waals surface area contributed by atoms with Crippen molar-refractivity contribution in [1.29, 1.82) is 0 Å². The molecule has 0 fully saturated rings. The van der Waals surface area contributed by atoms with E-state index in [1.165, 1.54) is 12.1 Å². The first kappa shape index (κ1) is 9.30. The summed E-state index contributed by atoms with van der Waals surface area (Å²) in [5.74, 6) is 0. The molecule has 0 radical (unpaired) electrons. The number of nitrogens with one attached hydrogen (secondary N) is 3. The van der Waals surface area contributed by atoms with Crippen LogP contribution in [0.25, 0.3) is 0 Å². The highest BCUT2D eigenvalue weighted by Crippen LogP contribution is 1.98. The molecule has 1 heterocycles. The molecule has 0 amide bonds. The second-order valence-electron chi connectivity index (χ2n) is 1.81. The van der Waals surface area contributed by atoms with E-state index in [9.17, 15) is 0 Å². The van der Waals surface area contributed by atoms with Gasteiger partial charge in [-0.15, -0.1) is 0 Å². The van der Waals surface area contributed by atoms with Gasteiger partial charge in [-0.25, -0.2) is 0 Å². The molecule has 1 aliphatic rings. The summed E-state index contributed by atoms with van der Waals surface area (Å²) in [6.45, 7) is 6.15. The molecule has 0 spiro atoms. The zero-order valence-corrected chi connectivity index (χ0v) is 6.99. The maximum absolute atomic E-state index is 2.96. The number of rotatable bonds is 2. The molecule has 1 aliphatic heterocycles. The van der Waals surface area contributed by atoms with Crippen molar-refractivity contribution in [3.63, 3.8) is 0 Å². The minimum atomic E-state index is 1.11. The lowest BCUT2D eigenvalue weighted by Gasteiger charge is -1.97. The van der Waals surface area contributed by atoms with Crippen LogP contribution in [0, 0.1) is 0 Å². The van der Waals surface area contributed by atoms with Crippen LogP contribution in [0.1, 0.15) is 33.6 Å². The van der Waals surface area contributed by atoms with Gasteiger partial charge in [0.05, 0.1) is 0 Å². The highest BCUT2D eigenvalue weighted by molar-refractivity contribution is 4.99. The molecule has 0 saturated carbocycles. The summed E-state index contributed by atoms with van der Waals surface area (Å²) in [6, 6.07) is 0. The quantitative estimate of drug-likeness (QED) is 0.544. The summed E-state index contributed by atoms with van der Waals surface area (Å²) in [5.41, 5.74) is 9.79. The fourth-order valence-corrected chi connectivity index (χ4v) is 0.680. The highest BCUT2D eigenvalue weighted by Gasteiger charge is 1.97. The average molecular weight is 143 g/mol. The lowest BCUT2D eigenvalue weighted by molar-refractivity contribution is 0.587. The summed E-state index contributed by atoms with van der Waals surface area (Å²) < 4.78 is 0. The van der Waals surface area contributed by atoms with Crippen LogP contribution in [-0.4, -0.2) is 0 Å². The predicted molar refractivity (Wildman–Crippen MR) is 43.7 cm³/mol. The third-order valence-corrected chi connectivity index (χ3v) is 1.06. The van der Waals surface area contributed by atoms with Crippen LogP contribution < -0.4 is 16.4 Å². The van der Waals surface area contributed by atoms with Gasteiger partial charge < -0.3 is 10.9 Å². The van der Waals surface area contributed by atoms with E-state index in [2.05, 4.69) is 23.3 Å². The lowest BCUT2D eigenvalue weighted by atomic mass is 10.3. The minimum absolute atomic E-state index is 1.11. The van der Waals surface area contributed by atoms with E-state index >= 15 is 0 Å². The number of hydrogen-bond acceptors (Lipinski definition) is 3. The Morgan fingerprint density at radius 3 is 2.50 bits per heavy atom. The van der Waals surface area contributed by atoms with Crippen LogP contribution in [0.3, 0.4) is 0 Å². The van der Waals surface area contributed by atoms with E-state index in [-0.39, 0.29) is 0 Å². The molecular weight excluding hydrogens is 126 g/mol. The minimum Gasteiger partial charge on any atom is -0.310 e. The van der Waals surface area contributed by atoms with Crippen molar-refractivity contribution < 1.29 is 0 Å². The van der Waals surface area contributed by atoms with Gasteiger partial charge in [0.2, 0.25) is 0 Å². The number of allylic oxidation sites excluding steroid dienone is 1. The van der Waals surface area contributed by atoms with Gasteiger partial charge in [0, 0.05) is 11.9 Å². The molecule has 0 atom stereocenters. The summed E-state index contributed by atoms with van der Waals surface area (Å²) in [5, 5.41) is 0. The predicted octanol–water partition coefficient (Wildman–Crippen LogP) is 1.27. The van der Waals surface area contributed by atoms with Crippen molar-refractivity contribution in [2.24, 2.45) is 0 Å². The molecule has 3 heteroatoms. The maximum Gasteiger partial charge on any atom is 0.0450 e. The van der Waals surface area contributed by atoms with Gasteiger partial charge in [-0.2, -0.15) is 5.53 Å². The molecular formula is C7H17N3. The van der Waals surface area contributed by atoms with E-state index in [1.54, 1.807) is 0 Å². The van der Waals surface area contributed by atoms with Crippen molar-refractivity contribution in [2.45, 2.75) is 33.6 Å². The molecule has 0 aromatic carbocycles. The fraction of sp³-hybridized carbons (Fsp3) is 0.714. The largest absolute Gasteiger partial charge is 0.310 e. The summed E-state index contributed by atoms with van der Waals surface area (Å²) >= 11 is 0. The van der Waals surface area contributed by atoms with Gasteiger partial charge in [0.15, 0.2) is 0 Å². The Morgan fingerprint density at radius 1 is 1.40 bits per heavy atom. The van der Waals surface area contributed by atoms with Crippen LogP contribution in [0.2, 0.25) is 0 Å². The van der Waals surface area contributed by atoms with E-state index in [0.29, 0.717) is 0 Å². The Balaban J connectivity index is 0.000000371. The Hall–Kier alpha value is -0.700. The van der Waals surface area contributed by atoms with Gasteiger partial charge >= 0.3 is 0 Å². The molecule has 0 aromatic heterocycles. The van der Waals surface area contributed by atoms with Gasteiger partial charge in [-0.3, -0.25) is 0 Å². The first-order valence-electron chi connectivity index (χ1n) is 3.89. The highest BCUT2D eigenvalue weighted by atomic mass is 15.6. The maximum atomic E-state index is 2.96. The number of hydrogen-bond donors (Lipinski definition) is 3. The Labute approximate surface area is 62.8 Å². The SMILES string of the molecule is CC.CCCC1=CNNN1. The van der Waals surface area contributed by atoms with Gasteiger partial charge in [-0.1, -0.05) is 27.2 Å². The van der Waals surface area contributed by atoms with E-state index in [1.807, 2.05) is 20.0 Å². The standard InChI is InChI=1S/C5H11N3.C2H6/c1-2-3-5-4-6-8-7-5;1-2/h4,6-8H,2-3H2,1H3;1-2H3. The topological polar surface area (TPSA) is 36.1 Å². The number of hydrazine groups is 2. The fourth-order valence-electron chi connectivity index (χ4n) is 0.680. The summed E-state index contributed by atoms with van der Waals surface area (Å²) in [7, 11) is 0. The molecule has 0 saturated heterocycles. The normalized spacial score (nSPS) is 14.1. The van der Waals surface area contributed by atoms with E-state index in [4.69, 9.17) is 0 Å². The third kappa shape index (κ3) is 3.35. The first-order chi connectivity index (χ1) is 4.93. The Kier molecular flexibility index (Phi) is 5.97. The smallest absolute Gasteiger partial charge is 0.0450 e. The molecule has 1 rings (SSSR count). The van der Waals surface area contributed by atoms with Crippen LogP contribution in [-0.2, 0) is 0 Å².